The maximum absolute atomic E-state index is 11.8. The third-order valence-corrected chi connectivity index (χ3v) is 7.41. The molecule has 4 nitrogen and oxygen atoms in total. The largest absolute Gasteiger partial charge is 0.447 e. The molecule has 1 N–H and O–H groups in total. The maximum Gasteiger partial charge on any atom is 0.407 e. The van der Waals surface area contributed by atoms with Crippen molar-refractivity contribution in [1.82, 2.24) is 5.32 Å². The zero-order valence-corrected chi connectivity index (χ0v) is 27.5. The molecule has 41 heavy (non-hydrogen) atoms. The van der Waals surface area contributed by atoms with Crippen LogP contribution >= 0.6 is 0 Å². The van der Waals surface area contributed by atoms with E-state index < -0.39 is 0 Å². The number of alkyl carbamates (subject to hydrolysis) is 1. The van der Waals surface area contributed by atoms with Gasteiger partial charge in [0.1, 0.15) is 6.61 Å². The van der Waals surface area contributed by atoms with Crippen molar-refractivity contribution < 1.29 is 14.3 Å². The van der Waals surface area contributed by atoms with Gasteiger partial charge in [-0.2, -0.15) is 0 Å². The highest BCUT2D eigenvalue weighted by Gasteiger charge is 2.01. The average Bonchev–Trinajstić information content (AvgIpc) is 2.98. The van der Waals surface area contributed by atoms with Gasteiger partial charge in [-0.3, -0.25) is 0 Å². The van der Waals surface area contributed by atoms with Crippen LogP contribution in [0.1, 0.15) is 168 Å². The van der Waals surface area contributed by atoms with E-state index in [1.54, 1.807) is 0 Å². The Balaban J connectivity index is 3.24. The predicted octanol–water partition coefficient (Wildman–Crippen LogP) is 11.8. The van der Waals surface area contributed by atoms with Gasteiger partial charge in [-0.25, -0.2) is 4.79 Å². The van der Waals surface area contributed by atoms with E-state index in [2.05, 4.69) is 55.6 Å². The SMILES string of the molecule is CCCCC/C=C\C/C=C\CCCCCCCCNC(=O)OCCOCCCCCCCC/C=C\CCCCCC. The van der Waals surface area contributed by atoms with Crippen LogP contribution < -0.4 is 5.32 Å². The van der Waals surface area contributed by atoms with Gasteiger partial charge in [0, 0.05) is 13.2 Å². The number of hydrogen-bond donors (Lipinski definition) is 1. The van der Waals surface area contributed by atoms with Crippen LogP contribution in [0, 0.1) is 0 Å². The second kappa shape index (κ2) is 36.5. The Bertz CT molecular complexity index is 599. The first kappa shape index (κ1) is 39.5. The topological polar surface area (TPSA) is 47.6 Å². The number of allylic oxidation sites excluding steroid dienone is 6. The molecule has 0 heterocycles. The van der Waals surface area contributed by atoms with Gasteiger partial charge in [0.25, 0.3) is 0 Å². The monoisotopic (exact) mass is 576 g/mol. The van der Waals surface area contributed by atoms with Crippen molar-refractivity contribution in [3.05, 3.63) is 36.5 Å². The lowest BCUT2D eigenvalue weighted by Gasteiger charge is -2.08. The third-order valence-electron chi connectivity index (χ3n) is 7.41. The minimum atomic E-state index is -0.317. The summed E-state index contributed by atoms with van der Waals surface area (Å²) in [6.07, 6.45) is 43.9. The summed E-state index contributed by atoms with van der Waals surface area (Å²) in [5, 5.41) is 2.85. The first-order valence-corrected chi connectivity index (χ1v) is 17.7. The van der Waals surface area contributed by atoms with Gasteiger partial charge < -0.3 is 14.8 Å². The predicted molar refractivity (Wildman–Crippen MR) is 180 cm³/mol. The summed E-state index contributed by atoms with van der Waals surface area (Å²) in [5.74, 6) is 0. The van der Waals surface area contributed by atoms with Crippen LogP contribution in [0.4, 0.5) is 4.79 Å². The first-order chi connectivity index (χ1) is 20.3. The summed E-state index contributed by atoms with van der Waals surface area (Å²) in [7, 11) is 0. The van der Waals surface area contributed by atoms with E-state index in [9.17, 15) is 4.79 Å². The van der Waals surface area contributed by atoms with E-state index in [1.807, 2.05) is 0 Å². The molecule has 240 valence electrons. The van der Waals surface area contributed by atoms with Crippen LogP contribution in [-0.4, -0.2) is 32.5 Å². The van der Waals surface area contributed by atoms with Gasteiger partial charge in [-0.1, -0.05) is 134 Å². The summed E-state index contributed by atoms with van der Waals surface area (Å²) in [5.41, 5.74) is 0. The van der Waals surface area contributed by atoms with Gasteiger partial charge in [0.2, 0.25) is 0 Å². The molecule has 0 spiro atoms. The number of carbonyl (C=O) groups excluding carboxylic acids is 1. The van der Waals surface area contributed by atoms with Gasteiger partial charge in [-0.05, 0) is 70.6 Å². The van der Waals surface area contributed by atoms with E-state index in [1.165, 1.54) is 128 Å². The van der Waals surface area contributed by atoms with Crippen molar-refractivity contribution in [1.29, 1.82) is 0 Å². The molecule has 0 radical (unpaired) electrons. The number of rotatable bonds is 32. The Labute approximate surface area is 256 Å². The minimum Gasteiger partial charge on any atom is -0.447 e. The molecule has 0 aliphatic carbocycles. The molecule has 0 aromatic rings. The second-order valence-corrected chi connectivity index (χ2v) is 11.5. The number of carbonyl (C=O) groups is 1. The van der Waals surface area contributed by atoms with Crippen molar-refractivity contribution in [2.24, 2.45) is 0 Å². The molecule has 0 bridgehead atoms. The smallest absolute Gasteiger partial charge is 0.407 e. The van der Waals surface area contributed by atoms with Gasteiger partial charge in [-0.15, -0.1) is 0 Å². The Morgan fingerprint density at radius 3 is 1.51 bits per heavy atom. The van der Waals surface area contributed by atoms with Crippen molar-refractivity contribution in [3.8, 4) is 0 Å². The molecule has 0 unspecified atom stereocenters. The van der Waals surface area contributed by atoms with Crippen molar-refractivity contribution >= 4 is 6.09 Å². The molecule has 0 saturated heterocycles. The highest BCUT2D eigenvalue weighted by molar-refractivity contribution is 5.66. The van der Waals surface area contributed by atoms with E-state index in [0.29, 0.717) is 19.8 Å². The molecular formula is C37H69NO3. The number of hydrogen-bond acceptors (Lipinski definition) is 3. The van der Waals surface area contributed by atoms with Crippen molar-refractivity contribution in [3.63, 3.8) is 0 Å². The van der Waals surface area contributed by atoms with E-state index >= 15 is 0 Å². The Kier molecular flexibility index (Phi) is 35.1. The van der Waals surface area contributed by atoms with Crippen molar-refractivity contribution in [2.75, 3.05) is 26.4 Å². The van der Waals surface area contributed by atoms with Gasteiger partial charge in [0.15, 0.2) is 0 Å². The highest BCUT2D eigenvalue weighted by atomic mass is 16.6. The molecule has 0 atom stereocenters. The highest BCUT2D eigenvalue weighted by Crippen LogP contribution is 2.10. The van der Waals surface area contributed by atoms with Crippen molar-refractivity contribution in [2.45, 2.75) is 168 Å². The Morgan fingerprint density at radius 2 is 0.927 bits per heavy atom. The summed E-state index contributed by atoms with van der Waals surface area (Å²) in [6, 6.07) is 0. The fourth-order valence-electron chi connectivity index (χ4n) is 4.75. The molecule has 0 aliphatic rings. The second-order valence-electron chi connectivity index (χ2n) is 11.5. The summed E-state index contributed by atoms with van der Waals surface area (Å²) in [4.78, 5) is 11.8. The fourth-order valence-corrected chi connectivity index (χ4v) is 4.75. The Morgan fingerprint density at radius 1 is 0.488 bits per heavy atom. The lowest BCUT2D eigenvalue weighted by atomic mass is 10.1. The molecular weight excluding hydrogens is 506 g/mol. The van der Waals surface area contributed by atoms with E-state index in [-0.39, 0.29) is 6.09 Å². The molecule has 4 heteroatoms. The van der Waals surface area contributed by atoms with Crippen LogP contribution in [0.15, 0.2) is 36.5 Å². The van der Waals surface area contributed by atoms with E-state index in [0.717, 1.165) is 32.3 Å². The van der Waals surface area contributed by atoms with Gasteiger partial charge in [0.05, 0.1) is 6.61 Å². The number of ether oxygens (including phenoxy) is 2. The minimum absolute atomic E-state index is 0.317. The molecule has 1 amide bonds. The lowest BCUT2D eigenvalue weighted by molar-refractivity contribution is 0.0709. The lowest BCUT2D eigenvalue weighted by Crippen LogP contribution is -2.26. The number of unbranched alkanes of at least 4 members (excludes halogenated alkanes) is 19. The molecule has 0 aliphatic heterocycles. The molecule has 0 saturated carbocycles. The molecule has 0 aromatic heterocycles. The zero-order chi connectivity index (χ0) is 29.7. The molecule has 0 aromatic carbocycles. The standard InChI is InChI=1S/C37H69NO3/c1-3-5-7-9-11-13-15-17-19-20-21-23-25-27-29-31-33-38-37(39)41-36-35-40-34-32-30-28-26-24-22-18-16-14-12-10-8-6-4-2/h11,13-14,16-17,19H,3-10,12,15,18,20-36H2,1-2H3,(H,38,39)/b13-11-,16-14-,19-17-. The molecule has 0 fully saturated rings. The number of nitrogens with one attached hydrogen (secondary N) is 1. The number of amides is 1. The average molecular weight is 576 g/mol. The normalized spacial score (nSPS) is 11.9. The first-order valence-electron chi connectivity index (χ1n) is 17.7. The third kappa shape index (κ3) is 36.4. The van der Waals surface area contributed by atoms with Crippen LogP contribution in [0.25, 0.3) is 0 Å². The van der Waals surface area contributed by atoms with Crippen LogP contribution in [0.2, 0.25) is 0 Å². The molecule has 0 rings (SSSR count). The van der Waals surface area contributed by atoms with Gasteiger partial charge >= 0.3 is 6.09 Å². The Hall–Kier alpha value is -1.55. The zero-order valence-electron chi connectivity index (χ0n) is 27.5. The van der Waals surface area contributed by atoms with Crippen LogP contribution in [0.5, 0.6) is 0 Å². The summed E-state index contributed by atoms with van der Waals surface area (Å²) >= 11 is 0. The van der Waals surface area contributed by atoms with Crippen LogP contribution in [-0.2, 0) is 9.47 Å². The summed E-state index contributed by atoms with van der Waals surface area (Å²) in [6.45, 7) is 6.80. The maximum atomic E-state index is 11.8. The quantitative estimate of drug-likeness (QED) is 0.0641. The fraction of sp³-hybridized carbons (Fsp3) is 0.811. The van der Waals surface area contributed by atoms with E-state index in [4.69, 9.17) is 9.47 Å². The van der Waals surface area contributed by atoms with Crippen LogP contribution in [0.3, 0.4) is 0 Å². The summed E-state index contributed by atoms with van der Waals surface area (Å²) < 4.78 is 10.8.